The van der Waals surface area contributed by atoms with Gasteiger partial charge in [0.25, 0.3) is 0 Å². The Kier molecular flexibility index (Phi) is 6.83. The summed E-state index contributed by atoms with van der Waals surface area (Å²) >= 11 is 0. The van der Waals surface area contributed by atoms with Crippen LogP contribution in [0.1, 0.15) is 45.2 Å². The van der Waals surface area contributed by atoms with E-state index in [2.05, 4.69) is 4.98 Å². The van der Waals surface area contributed by atoms with Crippen LogP contribution in [0.4, 0.5) is 5.82 Å². The predicted octanol–water partition coefficient (Wildman–Crippen LogP) is 2.97. The van der Waals surface area contributed by atoms with Crippen LogP contribution in [0.25, 0.3) is 11.0 Å². The van der Waals surface area contributed by atoms with Crippen molar-refractivity contribution in [3.05, 3.63) is 30.0 Å². The number of carbonyl (C=O) groups is 2. The van der Waals surface area contributed by atoms with Crippen LogP contribution in [0, 0.1) is 17.2 Å². The molecule has 1 saturated heterocycles. The third-order valence-electron chi connectivity index (χ3n) is 4.98. The molecule has 0 radical (unpaired) electrons. The van der Waals surface area contributed by atoms with E-state index < -0.39 is 11.9 Å². The largest absolute Gasteiger partial charge is 0.466 e. The second-order valence-electron chi connectivity index (χ2n) is 7.48. The SMILES string of the molecule is CCOC(=O)C1CCN(c2nc3ccccc3nc2[C@@H](C#N)C(=O)OC(C)C)CC1. The average molecular weight is 410 g/mol. The van der Waals surface area contributed by atoms with Crippen molar-refractivity contribution in [2.24, 2.45) is 5.92 Å². The summed E-state index contributed by atoms with van der Waals surface area (Å²) in [4.78, 5) is 36.0. The second kappa shape index (κ2) is 9.53. The van der Waals surface area contributed by atoms with Gasteiger partial charge in [-0.3, -0.25) is 9.59 Å². The van der Waals surface area contributed by atoms with Gasteiger partial charge >= 0.3 is 11.9 Å². The molecule has 0 spiro atoms. The fourth-order valence-corrected chi connectivity index (χ4v) is 3.54. The highest BCUT2D eigenvalue weighted by Crippen LogP contribution is 2.31. The maximum absolute atomic E-state index is 12.6. The normalized spacial score (nSPS) is 15.6. The molecule has 0 unspecified atom stereocenters. The summed E-state index contributed by atoms with van der Waals surface area (Å²) < 4.78 is 10.4. The molecule has 1 aliphatic rings. The van der Waals surface area contributed by atoms with Crippen LogP contribution in [0.15, 0.2) is 24.3 Å². The number of hydrogen-bond donors (Lipinski definition) is 0. The molecule has 0 aliphatic carbocycles. The summed E-state index contributed by atoms with van der Waals surface area (Å²) in [5, 5.41) is 9.73. The maximum Gasteiger partial charge on any atom is 0.329 e. The minimum absolute atomic E-state index is 0.157. The second-order valence-corrected chi connectivity index (χ2v) is 7.48. The number of fused-ring (bicyclic) bond motifs is 1. The molecule has 0 amide bonds. The van der Waals surface area contributed by atoms with Gasteiger partial charge in [0.15, 0.2) is 11.7 Å². The molecule has 8 nitrogen and oxygen atoms in total. The van der Waals surface area contributed by atoms with Gasteiger partial charge in [0.2, 0.25) is 0 Å². The molecule has 158 valence electrons. The Labute approximate surface area is 175 Å². The number of rotatable bonds is 6. The topological polar surface area (TPSA) is 105 Å². The fourth-order valence-electron chi connectivity index (χ4n) is 3.54. The number of carbonyl (C=O) groups excluding carboxylic acids is 2. The number of benzene rings is 1. The van der Waals surface area contributed by atoms with E-state index in [0.29, 0.717) is 49.4 Å². The zero-order valence-corrected chi connectivity index (χ0v) is 17.5. The number of para-hydroxylation sites is 2. The quantitative estimate of drug-likeness (QED) is 0.669. The van der Waals surface area contributed by atoms with Crippen molar-refractivity contribution in [3.8, 4) is 6.07 Å². The monoisotopic (exact) mass is 410 g/mol. The van der Waals surface area contributed by atoms with E-state index in [1.807, 2.05) is 29.2 Å². The summed E-state index contributed by atoms with van der Waals surface area (Å²) in [6.45, 7) is 6.74. The van der Waals surface area contributed by atoms with Gasteiger partial charge in [0, 0.05) is 13.1 Å². The van der Waals surface area contributed by atoms with Gasteiger partial charge < -0.3 is 14.4 Å². The summed E-state index contributed by atoms with van der Waals surface area (Å²) in [6.07, 6.45) is 0.881. The molecule has 1 aliphatic heterocycles. The summed E-state index contributed by atoms with van der Waals surface area (Å²) in [5.74, 6) is -1.67. The van der Waals surface area contributed by atoms with Crippen LogP contribution in [0.5, 0.6) is 0 Å². The first-order chi connectivity index (χ1) is 14.4. The van der Waals surface area contributed by atoms with E-state index in [1.165, 1.54) is 0 Å². The van der Waals surface area contributed by atoms with Crippen molar-refractivity contribution < 1.29 is 19.1 Å². The Morgan fingerprint density at radius 1 is 1.20 bits per heavy atom. The van der Waals surface area contributed by atoms with Crippen molar-refractivity contribution in [1.82, 2.24) is 9.97 Å². The van der Waals surface area contributed by atoms with Crippen LogP contribution >= 0.6 is 0 Å². The molecule has 2 heterocycles. The molecule has 1 aromatic carbocycles. The number of aromatic nitrogens is 2. The van der Waals surface area contributed by atoms with Crippen molar-refractivity contribution in [3.63, 3.8) is 0 Å². The van der Waals surface area contributed by atoms with Crippen LogP contribution in [-0.2, 0) is 19.1 Å². The molecule has 8 heteroatoms. The van der Waals surface area contributed by atoms with Crippen molar-refractivity contribution in [2.45, 2.75) is 45.6 Å². The fraction of sp³-hybridized carbons (Fsp3) is 0.500. The Balaban J connectivity index is 1.95. The van der Waals surface area contributed by atoms with E-state index in [4.69, 9.17) is 14.5 Å². The van der Waals surface area contributed by atoms with Gasteiger partial charge in [-0.15, -0.1) is 0 Å². The number of nitrogens with zero attached hydrogens (tertiary/aromatic N) is 4. The molecule has 0 saturated carbocycles. The van der Waals surface area contributed by atoms with E-state index >= 15 is 0 Å². The van der Waals surface area contributed by atoms with Gasteiger partial charge in [-0.05, 0) is 45.7 Å². The van der Waals surface area contributed by atoms with Crippen molar-refractivity contribution in [1.29, 1.82) is 5.26 Å². The molecule has 3 rings (SSSR count). The molecule has 1 aromatic heterocycles. The molecular formula is C22H26N4O4. The highest BCUT2D eigenvalue weighted by atomic mass is 16.5. The highest BCUT2D eigenvalue weighted by molar-refractivity contribution is 5.85. The Hall–Kier alpha value is -3.21. The summed E-state index contributed by atoms with van der Waals surface area (Å²) in [7, 11) is 0. The average Bonchev–Trinajstić information content (AvgIpc) is 2.73. The minimum atomic E-state index is -1.18. The third kappa shape index (κ3) is 4.67. The standard InChI is InChI=1S/C22H26N4O4/c1-4-29-21(27)15-9-11-26(12-10-15)20-19(16(13-23)22(28)30-14(2)3)24-17-7-5-6-8-18(17)25-20/h5-8,14-16H,4,9-12H2,1-3H3/t16-/m1/s1. The van der Waals surface area contributed by atoms with E-state index in [1.54, 1.807) is 26.8 Å². The lowest BCUT2D eigenvalue weighted by Gasteiger charge is -2.33. The molecule has 0 bridgehead atoms. The summed E-state index contributed by atoms with van der Waals surface area (Å²) in [5.41, 5.74) is 1.57. The molecular weight excluding hydrogens is 384 g/mol. The van der Waals surface area contributed by atoms with Crippen LogP contribution < -0.4 is 4.90 Å². The lowest BCUT2D eigenvalue weighted by Crippen LogP contribution is -2.38. The van der Waals surface area contributed by atoms with Crippen molar-refractivity contribution >= 4 is 28.8 Å². The zero-order chi connectivity index (χ0) is 21.7. The Bertz CT molecular complexity index is 961. The first kappa shape index (κ1) is 21.5. The number of esters is 2. The first-order valence-electron chi connectivity index (χ1n) is 10.2. The smallest absolute Gasteiger partial charge is 0.329 e. The van der Waals surface area contributed by atoms with Gasteiger partial charge in [0.05, 0.1) is 35.7 Å². The molecule has 30 heavy (non-hydrogen) atoms. The van der Waals surface area contributed by atoms with Crippen LogP contribution in [0.3, 0.4) is 0 Å². The summed E-state index contributed by atoms with van der Waals surface area (Å²) in [6, 6.07) is 9.37. The number of piperidine rings is 1. The Morgan fingerprint density at radius 3 is 2.40 bits per heavy atom. The number of hydrogen-bond acceptors (Lipinski definition) is 8. The highest BCUT2D eigenvalue weighted by Gasteiger charge is 2.33. The Morgan fingerprint density at radius 2 is 1.83 bits per heavy atom. The van der Waals surface area contributed by atoms with Crippen LogP contribution in [0.2, 0.25) is 0 Å². The van der Waals surface area contributed by atoms with Gasteiger partial charge in [-0.1, -0.05) is 12.1 Å². The first-order valence-corrected chi connectivity index (χ1v) is 10.2. The number of anilines is 1. The zero-order valence-electron chi connectivity index (χ0n) is 17.5. The third-order valence-corrected chi connectivity index (χ3v) is 4.98. The van der Waals surface area contributed by atoms with Crippen LogP contribution in [-0.4, -0.2) is 47.7 Å². The minimum Gasteiger partial charge on any atom is -0.466 e. The van der Waals surface area contributed by atoms with Gasteiger partial charge in [-0.2, -0.15) is 5.26 Å². The molecule has 1 fully saturated rings. The lowest BCUT2D eigenvalue weighted by atomic mass is 9.96. The number of ether oxygens (including phenoxy) is 2. The van der Waals surface area contributed by atoms with Crippen molar-refractivity contribution in [2.75, 3.05) is 24.6 Å². The molecule has 2 aromatic rings. The molecule has 1 atom stereocenters. The van der Waals surface area contributed by atoms with E-state index in [9.17, 15) is 14.9 Å². The lowest BCUT2D eigenvalue weighted by molar-refractivity contribution is -0.149. The number of nitriles is 1. The van der Waals surface area contributed by atoms with Gasteiger partial charge in [0.1, 0.15) is 5.69 Å². The maximum atomic E-state index is 12.6. The van der Waals surface area contributed by atoms with E-state index in [-0.39, 0.29) is 23.7 Å². The van der Waals surface area contributed by atoms with Gasteiger partial charge in [-0.25, -0.2) is 9.97 Å². The van der Waals surface area contributed by atoms with E-state index in [0.717, 1.165) is 0 Å². The molecule has 0 N–H and O–H groups in total. The predicted molar refractivity (Wildman–Crippen MR) is 111 cm³/mol.